The van der Waals surface area contributed by atoms with Crippen molar-refractivity contribution in [1.29, 1.82) is 0 Å². The lowest BCUT2D eigenvalue weighted by Gasteiger charge is -2.16. The van der Waals surface area contributed by atoms with Crippen LogP contribution in [-0.2, 0) is 14.2 Å². The fraction of sp³-hybridized carbons (Fsp3) is 1.00. The number of fused-ring (bicyclic) bond motifs is 1. The molecule has 1 N–H and O–H groups in total. The van der Waals surface area contributed by atoms with E-state index in [4.69, 9.17) is 19.3 Å². The number of hydrogen-bond acceptors (Lipinski definition) is 4. The predicted octanol–water partition coefficient (Wildman–Crippen LogP) is 1.07. The molecule has 3 heterocycles. The van der Waals surface area contributed by atoms with Crippen molar-refractivity contribution < 1.29 is 19.3 Å². The lowest BCUT2D eigenvalue weighted by molar-refractivity contribution is -0.123. The highest BCUT2D eigenvalue weighted by Crippen LogP contribution is 2.25. The third-order valence-corrected chi connectivity index (χ3v) is 3.04. The van der Waals surface area contributed by atoms with Gasteiger partial charge in [0.15, 0.2) is 6.29 Å². The third kappa shape index (κ3) is 3.41. The zero-order valence-corrected chi connectivity index (χ0v) is 9.06. The Bertz CT molecular complexity index is 159. The Hall–Kier alpha value is -0.160. The molecule has 3 aliphatic rings. The first-order valence-corrected chi connectivity index (χ1v) is 5.89. The highest BCUT2D eigenvalue weighted by molar-refractivity contribution is 4.81. The first-order chi connectivity index (χ1) is 7.36. The van der Waals surface area contributed by atoms with E-state index in [-0.39, 0.29) is 0 Å². The molecule has 3 aliphatic heterocycles. The van der Waals surface area contributed by atoms with Crippen LogP contribution in [0.3, 0.4) is 0 Å². The van der Waals surface area contributed by atoms with E-state index < -0.39 is 6.29 Å². The maximum absolute atomic E-state index is 8.69. The van der Waals surface area contributed by atoms with Crippen LogP contribution in [0.5, 0.6) is 0 Å². The molecule has 3 saturated heterocycles. The van der Waals surface area contributed by atoms with E-state index in [9.17, 15) is 0 Å². The molecule has 3 fully saturated rings. The van der Waals surface area contributed by atoms with E-state index >= 15 is 0 Å². The van der Waals surface area contributed by atoms with Gasteiger partial charge in [-0.15, -0.1) is 0 Å². The summed E-state index contributed by atoms with van der Waals surface area (Å²) in [6, 6.07) is 0. The Morgan fingerprint density at radius 1 is 0.733 bits per heavy atom. The van der Waals surface area contributed by atoms with Gasteiger partial charge in [0.1, 0.15) is 0 Å². The second-order valence-corrected chi connectivity index (χ2v) is 4.22. The summed E-state index contributed by atoms with van der Waals surface area (Å²) in [5, 5.41) is 8.69. The molecule has 0 spiro atoms. The average molecular weight is 216 g/mol. The van der Waals surface area contributed by atoms with Gasteiger partial charge in [-0.2, -0.15) is 0 Å². The smallest absolute Gasteiger partial charge is 0.154 e. The van der Waals surface area contributed by atoms with E-state index in [1.165, 1.54) is 0 Å². The van der Waals surface area contributed by atoms with Gasteiger partial charge >= 0.3 is 0 Å². The summed E-state index contributed by atoms with van der Waals surface area (Å²) in [6.45, 7) is 2.56. The molecule has 4 heteroatoms. The van der Waals surface area contributed by atoms with Crippen LogP contribution in [0.2, 0.25) is 0 Å². The van der Waals surface area contributed by atoms with E-state index in [1.807, 2.05) is 0 Å². The highest BCUT2D eigenvalue weighted by atomic mass is 16.6. The number of hydrogen-bond donors (Lipinski definition) is 1. The Balaban J connectivity index is 0.000000115. The summed E-state index contributed by atoms with van der Waals surface area (Å²) >= 11 is 0. The zero-order valence-electron chi connectivity index (χ0n) is 9.06. The first-order valence-electron chi connectivity index (χ1n) is 5.89. The lowest BCUT2D eigenvalue weighted by Crippen LogP contribution is -2.17. The summed E-state index contributed by atoms with van der Waals surface area (Å²) in [5.41, 5.74) is 0. The van der Waals surface area contributed by atoms with Gasteiger partial charge < -0.3 is 19.3 Å². The Labute approximate surface area is 90.5 Å². The van der Waals surface area contributed by atoms with Gasteiger partial charge in [0.2, 0.25) is 0 Å². The van der Waals surface area contributed by atoms with Gasteiger partial charge in [-0.1, -0.05) is 0 Å². The second-order valence-electron chi connectivity index (χ2n) is 4.22. The molecule has 1 unspecified atom stereocenters. The van der Waals surface area contributed by atoms with Crippen molar-refractivity contribution in [2.75, 3.05) is 19.8 Å². The minimum atomic E-state index is -0.464. The van der Waals surface area contributed by atoms with Crippen LogP contribution >= 0.6 is 0 Å². The summed E-state index contributed by atoms with van der Waals surface area (Å²) in [6.07, 6.45) is 5.71. The predicted molar refractivity (Wildman–Crippen MR) is 54.5 cm³/mol. The van der Waals surface area contributed by atoms with Crippen LogP contribution in [-0.4, -0.2) is 43.4 Å². The normalized spacial score (nSPS) is 39.4. The highest BCUT2D eigenvalue weighted by Gasteiger charge is 2.33. The molecular formula is C11H20O4. The molecular weight excluding hydrogens is 196 g/mol. The fourth-order valence-corrected chi connectivity index (χ4v) is 2.15. The molecule has 0 aromatic carbocycles. The standard InChI is InChI=1S/C6H10O2.C5H10O2/c1-3-7-6-2-4-8-5(1)6;6-5-3-1-2-4-7-5/h5-6H,1-4H2;5-6H,1-4H2/t5-,6-;/m1./s1. The summed E-state index contributed by atoms with van der Waals surface area (Å²) in [5.74, 6) is 0. The summed E-state index contributed by atoms with van der Waals surface area (Å²) in [7, 11) is 0. The molecule has 0 bridgehead atoms. The zero-order chi connectivity index (χ0) is 10.5. The molecule has 0 aliphatic carbocycles. The van der Waals surface area contributed by atoms with E-state index in [2.05, 4.69) is 0 Å². The van der Waals surface area contributed by atoms with Gasteiger partial charge in [0.05, 0.1) is 12.2 Å². The molecule has 0 radical (unpaired) electrons. The molecule has 3 rings (SSSR count). The average Bonchev–Trinajstić information content (AvgIpc) is 2.80. The largest absolute Gasteiger partial charge is 0.375 e. The van der Waals surface area contributed by atoms with E-state index in [1.54, 1.807) is 0 Å². The Morgan fingerprint density at radius 3 is 1.80 bits per heavy atom. The van der Waals surface area contributed by atoms with Gasteiger partial charge in [-0.25, -0.2) is 0 Å². The van der Waals surface area contributed by atoms with Crippen molar-refractivity contribution in [2.45, 2.75) is 50.6 Å². The molecule has 0 saturated carbocycles. The van der Waals surface area contributed by atoms with Gasteiger partial charge in [0, 0.05) is 19.8 Å². The van der Waals surface area contributed by atoms with Crippen molar-refractivity contribution in [3.05, 3.63) is 0 Å². The number of aliphatic hydroxyl groups is 1. The van der Waals surface area contributed by atoms with Crippen molar-refractivity contribution in [3.8, 4) is 0 Å². The summed E-state index contributed by atoms with van der Waals surface area (Å²) in [4.78, 5) is 0. The molecule has 0 aromatic rings. The first kappa shape index (κ1) is 11.3. The molecule has 4 nitrogen and oxygen atoms in total. The minimum absolute atomic E-state index is 0.454. The second kappa shape index (κ2) is 5.80. The number of ether oxygens (including phenoxy) is 3. The Morgan fingerprint density at radius 2 is 1.40 bits per heavy atom. The Kier molecular flexibility index (Phi) is 4.38. The lowest BCUT2D eigenvalue weighted by atomic mass is 10.2. The van der Waals surface area contributed by atoms with Crippen LogP contribution < -0.4 is 0 Å². The van der Waals surface area contributed by atoms with Crippen LogP contribution in [0.1, 0.15) is 32.1 Å². The SMILES string of the molecule is C1C[C@H]2OCC[C@H]2O1.OC1CCCCO1. The van der Waals surface area contributed by atoms with E-state index in [0.717, 1.165) is 51.9 Å². The van der Waals surface area contributed by atoms with Gasteiger partial charge in [0.25, 0.3) is 0 Å². The van der Waals surface area contributed by atoms with Gasteiger partial charge in [-0.05, 0) is 32.1 Å². The van der Waals surface area contributed by atoms with Crippen LogP contribution in [0, 0.1) is 0 Å². The van der Waals surface area contributed by atoms with Crippen molar-refractivity contribution in [3.63, 3.8) is 0 Å². The maximum atomic E-state index is 8.69. The summed E-state index contributed by atoms with van der Waals surface area (Å²) < 4.78 is 15.5. The van der Waals surface area contributed by atoms with Crippen LogP contribution in [0.15, 0.2) is 0 Å². The number of aliphatic hydroxyl groups excluding tert-OH is 1. The molecule has 3 atom stereocenters. The third-order valence-electron chi connectivity index (χ3n) is 3.04. The van der Waals surface area contributed by atoms with E-state index in [0.29, 0.717) is 12.2 Å². The minimum Gasteiger partial charge on any atom is -0.375 e. The fourth-order valence-electron chi connectivity index (χ4n) is 2.15. The number of rotatable bonds is 0. The topological polar surface area (TPSA) is 47.9 Å². The van der Waals surface area contributed by atoms with Crippen molar-refractivity contribution in [1.82, 2.24) is 0 Å². The monoisotopic (exact) mass is 216 g/mol. The molecule has 0 amide bonds. The maximum Gasteiger partial charge on any atom is 0.154 e. The molecule has 15 heavy (non-hydrogen) atoms. The van der Waals surface area contributed by atoms with Crippen LogP contribution in [0.4, 0.5) is 0 Å². The molecule has 88 valence electrons. The quantitative estimate of drug-likeness (QED) is 0.658. The van der Waals surface area contributed by atoms with Crippen molar-refractivity contribution >= 4 is 0 Å². The van der Waals surface area contributed by atoms with Crippen LogP contribution in [0.25, 0.3) is 0 Å². The van der Waals surface area contributed by atoms with Crippen molar-refractivity contribution in [2.24, 2.45) is 0 Å². The molecule has 0 aromatic heterocycles. The van der Waals surface area contributed by atoms with Gasteiger partial charge in [-0.3, -0.25) is 0 Å².